The van der Waals surface area contributed by atoms with Crippen molar-refractivity contribution in [1.29, 1.82) is 0 Å². The molecular weight excluding hydrogens is 521 g/mol. The third-order valence-electron chi connectivity index (χ3n) is 7.66. The minimum absolute atomic E-state index is 0.0442. The highest BCUT2D eigenvalue weighted by atomic mass is 19.2. The van der Waals surface area contributed by atoms with Crippen molar-refractivity contribution >= 4 is 16.8 Å². The molecule has 3 aromatic carbocycles. The van der Waals surface area contributed by atoms with E-state index in [1.807, 2.05) is 24.3 Å². The van der Waals surface area contributed by atoms with Gasteiger partial charge in [0.25, 0.3) is 5.91 Å². The molecule has 6 nitrogen and oxygen atoms in total. The minimum atomic E-state index is -1.31. The standard InChI is InChI=1S/C31H27F3N2O4/c1-38-26-7-6-20-27(17-8-11-39-12-9-17)22(31(37)36-24-10-13-40-25-5-3-2-4-19(24)25)16-35-30(20)28(26)21-14-18(32)15-23(33)29(21)34/h2-7,14-17,24H,8-13H2,1H3,(H,36,37). The maximum Gasteiger partial charge on any atom is 0.253 e. The SMILES string of the molecule is COc1ccc2c(C3CCOCC3)c(C(=O)NC3CCOc4ccccc43)cnc2c1-c1cc(F)cc(F)c1F. The van der Waals surface area contributed by atoms with Gasteiger partial charge in [0.05, 0.1) is 36.4 Å². The number of hydrogen-bond acceptors (Lipinski definition) is 5. The van der Waals surface area contributed by atoms with Crippen LogP contribution in [0.2, 0.25) is 0 Å². The molecule has 1 unspecified atom stereocenters. The number of hydrogen-bond donors (Lipinski definition) is 1. The number of methoxy groups -OCH3 is 1. The molecule has 3 heterocycles. The Morgan fingerprint density at radius 1 is 1.02 bits per heavy atom. The summed E-state index contributed by atoms with van der Waals surface area (Å²) in [4.78, 5) is 18.4. The Morgan fingerprint density at radius 3 is 2.62 bits per heavy atom. The first-order valence-corrected chi connectivity index (χ1v) is 13.2. The van der Waals surface area contributed by atoms with Crippen LogP contribution in [0.15, 0.2) is 54.7 Å². The second kappa shape index (κ2) is 10.8. The molecule has 1 saturated heterocycles. The number of aromatic nitrogens is 1. The fourth-order valence-corrected chi connectivity index (χ4v) is 5.77. The van der Waals surface area contributed by atoms with Gasteiger partial charge in [0, 0.05) is 48.4 Å². The molecule has 0 bridgehead atoms. The van der Waals surface area contributed by atoms with Crippen molar-refractivity contribution in [2.45, 2.75) is 31.2 Å². The molecular formula is C31H27F3N2O4. The van der Waals surface area contributed by atoms with Crippen molar-refractivity contribution < 1.29 is 32.2 Å². The van der Waals surface area contributed by atoms with Crippen molar-refractivity contribution in [3.8, 4) is 22.6 Å². The summed E-state index contributed by atoms with van der Waals surface area (Å²) in [6.45, 7) is 1.52. The van der Waals surface area contributed by atoms with E-state index in [0.29, 0.717) is 56.1 Å². The summed E-state index contributed by atoms with van der Waals surface area (Å²) in [6.07, 6.45) is 3.42. The smallest absolute Gasteiger partial charge is 0.253 e. The molecule has 1 atom stereocenters. The molecule has 1 N–H and O–H groups in total. The van der Waals surface area contributed by atoms with Crippen LogP contribution < -0.4 is 14.8 Å². The lowest BCUT2D eigenvalue weighted by Crippen LogP contribution is -2.33. The molecule has 0 aliphatic carbocycles. The van der Waals surface area contributed by atoms with Gasteiger partial charge in [-0.15, -0.1) is 0 Å². The Morgan fingerprint density at radius 2 is 1.82 bits per heavy atom. The molecule has 6 rings (SSSR count). The van der Waals surface area contributed by atoms with Gasteiger partial charge in [0.2, 0.25) is 0 Å². The topological polar surface area (TPSA) is 69.7 Å². The second-order valence-corrected chi connectivity index (χ2v) is 9.96. The number of pyridine rings is 1. The van der Waals surface area contributed by atoms with E-state index in [2.05, 4.69) is 10.3 Å². The van der Waals surface area contributed by atoms with E-state index in [1.165, 1.54) is 13.3 Å². The fourth-order valence-electron chi connectivity index (χ4n) is 5.77. The molecule has 9 heteroatoms. The van der Waals surface area contributed by atoms with E-state index in [1.54, 1.807) is 12.1 Å². The molecule has 0 saturated carbocycles. The number of halogens is 3. The van der Waals surface area contributed by atoms with Crippen LogP contribution in [-0.4, -0.2) is 37.8 Å². The Hall–Kier alpha value is -4.11. The number of nitrogens with zero attached hydrogens (tertiary/aromatic N) is 1. The Balaban J connectivity index is 1.51. The van der Waals surface area contributed by atoms with Crippen LogP contribution in [0.4, 0.5) is 13.2 Å². The van der Waals surface area contributed by atoms with Crippen molar-refractivity contribution in [2.24, 2.45) is 0 Å². The van der Waals surface area contributed by atoms with E-state index in [0.717, 1.165) is 22.9 Å². The second-order valence-electron chi connectivity index (χ2n) is 9.96. The lowest BCUT2D eigenvalue weighted by molar-refractivity contribution is 0.0840. The Kier molecular flexibility index (Phi) is 7.06. The maximum absolute atomic E-state index is 15.0. The highest BCUT2D eigenvalue weighted by molar-refractivity contribution is 6.05. The monoisotopic (exact) mass is 548 g/mol. The molecule has 206 valence electrons. The summed E-state index contributed by atoms with van der Waals surface area (Å²) in [5.41, 5.74) is 2.14. The molecule has 1 aromatic heterocycles. The summed E-state index contributed by atoms with van der Waals surface area (Å²) in [6, 6.07) is 12.2. The summed E-state index contributed by atoms with van der Waals surface area (Å²) in [5.74, 6) is -2.84. The first kappa shape index (κ1) is 26.1. The minimum Gasteiger partial charge on any atom is -0.496 e. The third kappa shape index (κ3) is 4.64. The zero-order chi connectivity index (χ0) is 27.8. The Bertz CT molecular complexity index is 1600. The lowest BCUT2D eigenvalue weighted by Gasteiger charge is -2.29. The number of carbonyl (C=O) groups is 1. The van der Waals surface area contributed by atoms with Gasteiger partial charge in [0.1, 0.15) is 17.3 Å². The van der Waals surface area contributed by atoms with Gasteiger partial charge in [-0.1, -0.05) is 18.2 Å². The number of rotatable bonds is 5. The largest absolute Gasteiger partial charge is 0.496 e. The Labute approximate surface area is 229 Å². The molecule has 4 aromatic rings. The third-order valence-corrected chi connectivity index (χ3v) is 7.66. The van der Waals surface area contributed by atoms with E-state index in [-0.39, 0.29) is 40.3 Å². The number of benzene rings is 3. The van der Waals surface area contributed by atoms with E-state index < -0.39 is 17.5 Å². The average Bonchev–Trinajstić information content (AvgIpc) is 2.98. The van der Waals surface area contributed by atoms with E-state index >= 15 is 4.39 Å². The molecule has 0 spiro atoms. The van der Waals surface area contributed by atoms with E-state index in [4.69, 9.17) is 14.2 Å². The number of ether oxygens (including phenoxy) is 3. The number of carbonyl (C=O) groups excluding carboxylic acids is 1. The van der Waals surface area contributed by atoms with Crippen LogP contribution >= 0.6 is 0 Å². The van der Waals surface area contributed by atoms with Gasteiger partial charge in [-0.3, -0.25) is 9.78 Å². The first-order valence-electron chi connectivity index (χ1n) is 13.2. The van der Waals surface area contributed by atoms with Crippen LogP contribution in [0.5, 0.6) is 11.5 Å². The van der Waals surface area contributed by atoms with Crippen LogP contribution in [-0.2, 0) is 4.74 Å². The van der Waals surface area contributed by atoms with Gasteiger partial charge in [-0.25, -0.2) is 13.2 Å². The van der Waals surface area contributed by atoms with Crippen LogP contribution in [0.3, 0.4) is 0 Å². The van der Waals surface area contributed by atoms with Crippen molar-refractivity contribution in [1.82, 2.24) is 10.3 Å². The summed E-state index contributed by atoms with van der Waals surface area (Å²) in [7, 11) is 1.39. The van der Waals surface area contributed by atoms with Crippen LogP contribution in [0, 0.1) is 17.5 Å². The normalized spacial score (nSPS) is 17.2. The van der Waals surface area contributed by atoms with Crippen LogP contribution in [0.1, 0.15) is 52.7 Å². The number of amides is 1. The van der Waals surface area contributed by atoms with Gasteiger partial charge < -0.3 is 19.5 Å². The van der Waals surface area contributed by atoms with Gasteiger partial charge in [-0.05, 0) is 48.6 Å². The summed E-state index contributed by atoms with van der Waals surface area (Å²) in [5, 5.41) is 3.74. The summed E-state index contributed by atoms with van der Waals surface area (Å²) < 4.78 is 60.4. The predicted octanol–water partition coefficient (Wildman–Crippen LogP) is 6.48. The number of fused-ring (bicyclic) bond motifs is 2. The lowest BCUT2D eigenvalue weighted by atomic mass is 9.84. The van der Waals surface area contributed by atoms with Gasteiger partial charge in [-0.2, -0.15) is 0 Å². The quantitative estimate of drug-likeness (QED) is 0.289. The van der Waals surface area contributed by atoms with Gasteiger partial charge >= 0.3 is 0 Å². The highest BCUT2D eigenvalue weighted by Crippen LogP contribution is 2.43. The maximum atomic E-state index is 15.0. The highest BCUT2D eigenvalue weighted by Gasteiger charge is 2.30. The predicted molar refractivity (Wildman–Crippen MR) is 143 cm³/mol. The molecule has 1 amide bonds. The molecule has 0 radical (unpaired) electrons. The molecule has 40 heavy (non-hydrogen) atoms. The fraction of sp³-hybridized carbons (Fsp3) is 0.290. The first-order chi connectivity index (χ1) is 19.5. The van der Waals surface area contributed by atoms with Crippen molar-refractivity contribution in [2.75, 3.05) is 26.9 Å². The van der Waals surface area contributed by atoms with Crippen molar-refractivity contribution in [3.63, 3.8) is 0 Å². The van der Waals surface area contributed by atoms with Gasteiger partial charge in [0.15, 0.2) is 11.6 Å². The number of para-hydroxylation sites is 1. The summed E-state index contributed by atoms with van der Waals surface area (Å²) >= 11 is 0. The molecule has 2 aliphatic heterocycles. The van der Waals surface area contributed by atoms with E-state index in [9.17, 15) is 13.6 Å². The number of nitrogens with one attached hydrogen (secondary N) is 1. The zero-order valence-corrected chi connectivity index (χ0v) is 21.8. The molecule has 2 aliphatic rings. The van der Waals surface area contributed by atoms with Crippen molar-refractivity contribution in [3.05, 3.63) is 88.9 Å². The average molecular weight is 549 g/mol. The zero-order valence-electron chi connectivity index (χ0n) is 21.8. The molecule has 1 fully saturated rings. The van der Waals surface area contributed by atoms with Crippen LogP contribution in [0.25, 0.3) is 22.0 Å².